The summed E-state index contributed by atoms with van der Waals surface area (Å²) in [6.45, 7) is 2.29. The van der Waals surface area contributed by atoms with Gasteiger partial charge in [-0.15, -0.1) is 0 Å². The largest absolute Gasteiger partial charge is 0.344 e. The molecule has 0 saturated carbocycles. The van der Waals surface area contributed by atoms with Crippen molar-refractivity contribution in [1.82, 2.24) is 4.57 Å². The smallest absolute Gasteiger partial charge is 0.0494 e. The fourth-order valence-electron chi connectivity index (χ4n) is 5.53. The summed E-state index contributed by atoms with van der Waals surface area (Å²) in [6.07, 6.45) is 2.40. The number of para-hydroxylation sites is 1. The van der Waals surface area contributed by atoms with Crippen LogP contribution in [0.2, 0.25) is 0 Å². The maximum atomic E-state index is 2.38. The molecule has 5 aromatic rings. The van der Waals surface area contributed by atoms with Crippen molar-refractivity contribution in [3.8, 4) is 22.3 Å². The predicted molar refractivity (Wildman–Crippen MR) is 128 cm³/mol. The Hall–Kier alpha value is -3.32. The van der Waals surface area contributed by atoms with E-state index in [1.807, 2.05) is 0 Å². The van der Waals surface area contributed by atoms with Gasteiger partial charge in [0.2, 0.25) is 0 Å². The molecule has 0 aliphatic heterocycles. The zero-order chi connectivity index (χ0) is 20.2. The van der Waals surface area contributed by atoms with Gasteiger partial charge in [0.25, 0.3) is 0 Å². The fourth-order valence-corrected chi connectivity index (χ4v) is 5.53. The second-order valence-corrected chi connectivity index (χ2v) is 8.51. The number of aryl methyl sites for hydroxylation is 1. The van der Waals surface area contributed by atoms with Crippen LogP contribution in [-0.4, -0.2) is 4.57 Å². The predicted octanol–water partition coefficient (Wildman–Crippen LogP) is 7.91. The third-order valence-electron chi connectivity index (χ3n) is 6.88. The van der Waals surface area contributed by atoms with Crippen LogP contribution in [0, 0.1) is 0 Å². The van der Waals surface area contributed by atoms with Crippen molar-refractivity contribution in [2.45, 2.75) is 25.7 Å². The third-order valence-corrected chi connectivity index (χ3v) is 6.88. The Bertz CT molecular complexity index is 1420. The molecule has 0 amide bonds. The molecule has 1 heterocycles. The minimum atomic E-state index is 0.516. The molecule has 0 fully saturated rings. The van der Waals surface area contributed by atoms with Crippen LogP contribution in [0.15, 0.2) is 84.9 Å². The van der Waals surface area contributed by atoms with E-state index in [1.54, 1.807) is 0 Å². The van der Waals surface area contributed by atoms with Crippen molar-refractivity contribution < 1.29 is 0 Å². The molecule has 0 spiro atoms. The highest BCUT2D eigenvalue weighted by Crippen LogP contribution is 2.50. The maximum absolute atomic E-state index is 2.38. The minimum Gasteiger partial charge on any atom is -0.344 e. The van der Waals surface area contributed by atoms with E-state index in [1.165, 1.54) is 68.0 Å². The van der Waals surface area contributed by atoms with Crippen molar-refractivity contribution in [3.05, 3.63) is 96.1 Å². The van der Waals surface area contributed by atoms with Gasteiger partial charge in [-0.05, 0) is 51.9 Å². The molecule has 1 heteroatoms. The van der Waals surface area contributed by atoms with Gasteiger partial charge in [-0.2, -0.15) is 0 Å². The normalized spacial score (nSPS) is 14.9. The van der Waals surface area contributed by atoms with E-state index in [0.29, 0.717) is 5.92 Å². The SMILES string of the molecule is CCC[C@@H]1c2ccccc2-c2c(-c3ccc4c5ccccc5n(C)c4c3)cccc21. The van der Waals surface area contributed by atoms with Crippen LogP contribution >= 0.6 is 0 Å². The molecule has 4 aromatic carbocycles. The molecule has 0 N–H and O–H groups in total. The van der Waals surface area contributed by atoms with Gasteiger partial charge >= 0.3 is 0 Å². The van der Waals surface area contributed by atoms with Crippen molar-refractivity contribution in [1.29, 1.82) is 0 Å². The molecule has 1 aliphatic rings. The van der Waals surface area contributed by atoms with Gasteiger partial charge in [0.15, 0.2) is 0 Å². The Morgan fingerprint density at radius 1 is 0.700 bits per heavy atom. The van der Waals surface area contributed by atoms with Gasteiger partial charge in [-0.1, -0.05) is 86.1 Å². The van der Waals surface area contributed by atoms with Gasteiger partial charge in [-0.25, -0.2) is 0 Å². The van der Waals surface area contributed by atoms with Crippen LogP contribution in [0.4, 0.5) is 0 Å². The van der Waals surface area contributed by atoms with Crippen LogP contribution in [0.5, 0.6) is 0 Å². The van der Waals surface area contributed by atoms with Gasteiger partial charge < -0.3 is 4.57 Å². The van der Waals surface area contributed by atoms with Crippen LogP contribution in [0.1, 0.15) is 36.8 Å². The number of aromatic nitrogens is 1. The third kappa shape index (κ3) is 2.35. The summed E-state index contributed by atoms with van der Waals surface area (Å²) in [5.74, 6) is 0.516. The molecule has 0 saturated heterocycles. The van der Waals surface area contributed by atoms with Crippen molar-refractivity contribution in [2.24, 2.45) is 7.05 Å². The van der Waals surface area contributed by atoms with E-state index in [-0.39, 0.29) is 0 Å². The van der Waals surface area contributed by atoms with E-state index < -0.39 is 0 Å². The first-order chi connectivity index (χ1) is 14.8. The molecule has 0 bridgehead atoms. The Morgan fingerprint density at radius 2 is 1.43 bits per heavy atom. The molecule has 1 atom stereocenters. The van der Waals surface area contributed by atoms with Gasteiger partial charge in [0.1, 0.15) is 0 Å². The van der Waals surface area contributed by atoms with Crippen LogP contribution < -0.4 is 0 Å². The highest BCUT2D eigenvalue weighted by Gasteiger charge is 2.29. The molecular formula is C29H25N. The summed E-state index contributed by atoms with van der Waals surface area (Å²) in [7, 11) is 2.18. The Balaban J connectivity index is 1.61. The zero-order valence-corrected chi connectivity index (χ0v) is 17.5. The molecule has 1 nitrogen and oxygen atoms in total. The lowest BCUT2D eigenvalue weighted by Gasteiger charge is -2.13. The highest BCUT2D eigenvalue weighted by atomic mass is 14.9. The Labute approximate surface area is 177 Å². The highest BCUT2D eigenvalue weighted by molar-refractivity contribution is 6.09. The molecule has 1 aromatic heterocycles. The summed E-state index contributed by atoms with van der Waals surface area (Å²) < 4.78 is 2.32. The number of nitrogens with zero attached hydrogens (tertiary/aromatic N) is 1. The van der Waals surface area contributed by atoms with Gasteiger partial charge in [0.05, 0.1) is 0 Å². The van der Waals surface area contributed by atoms with Crippen LogP contribution in [0.3, 0.4) is 0 Å². The second kappa shape index (κ2) is 6.60. The molecular weight excluding hydrogens is 362 g/mol. The van der Waals surface area contributed by atoms with Crippen LogP contribution in [0.25, 0.3) is 44.1 Å². The average Bonchev–Trinajstić information content (AvgIpc) is 3.27. The number of hydrogen-bond donors (Lipinski definition) is 0. The first-order valence-corrected chi connectivity index (χ1v) is 11.0. The number of fused-ring (bicyclic) bond motifs is 6. The van der Waals surface area contributed by atoms with Crippen molar-refractivity contribution in [2.75, 3.05) is 0 Å². The fraction of sp³-hybridized carbons (Fsp3) is 0.172. The molecule has 30 heavy (non-hydrogen) atoms. The first-order valence-electron chi connectivity index (χ1n) is 11.0. The first kappa shape index (κ1) is 17.5. The molecule has 146 valence electrons. The van der Waals surface area contributed by atoms with Crippen LogP contribution in [-0.2, 0) is 7.05 Å². The second-order valence-electron chi connectivity index (χ2n) is 8.51. The van der Waals surface area contributed by atoms with E-state index >= 15 is 0 Å². The molecule has 0 radical (unpaired) electrons. The van der Waals surface area contributed by atoms with E-state index in [9.17, 15) is 0 Å². The van der Waals surface area contributed by atoms with E-state index in [2.05, 4.69) is 103 Å². The molecule has 0 unspecified atom stereocenters. The van der Waals surface area contributed by atoms with Gasteiger partial charge in [-0.3, -0.25) is 0 Å². The summed E-state index contributed by atoms with van der Waals surface area (Å²) in [5.41, 5.74) is 11.1. The standard InChI is InChI=1S/C29H25N/c1-3-9-21-22-10-4-5-12-25(22)29-20(13-8-14-26(21)29)19-16-17-24-23-11-6-7-15-27(23)30(2)28(24)18-19/h4-8,10-18,21H,3,9H2,1-2H3/t21-/m1/s1. The molecule has 6 rings (SSSR count). The lowest BCUT2D eigenvalue weighted by atomic mass is 9.90. The summed E-state index contributed by atoms with van der Waals surface area (Å²) in [5, 5.41) is 2.65. The monoisotopic (exact) mass is 387 g/mol. The Kier molecular flexibility index (Phi) is 3.86. The lowest BCUT2D eigenvalue weighted by molar-refractivity contribution is 0.711. The zero-order valence-electron chi connectivity index (χ0n) is 17.5. The quantitative estimate of drug-likeness (QED) is 0.296. The van der Waals surface area contributed by atoms with Crippen molar-refractivity contribution >= 4 is 21.8 Å². The summed E-state index contributed by atoms with van der Waals surface area (Å²) in [6, 6.07) is 31.6. The summed E-state index contributed by atoms with van der Waals surface area (Å²) in [4.78, 5) is 0. The summed E-state index contributed by atoms with van der Waals surface area (Å²) >= 11 is 0. The number of hydrogen-bond acceptors (Lipinski definition) is 0. The van der Waals surface area contributed by atoms with Gasteiger partial charge in [0, 0.05) is 34.8 Å². The van der Waals surface area contributed by atoms with E-state index in [0.717, 1.165) is 0 Å². The number of benzene rings is 4. The lowest BCUT2D eigenvalue weighted by Crippen LogP contribution is -1.95. The average molecular weight is 388 g/mol. The topological polar surface area (TPSA) is 4.93 Å². The van der Waals surface area contributed by atoms with E-state index in [4.69, 9.17) is 0 Å². The Morgan fingerprint density at radius 3 is 2.33 bits per heavy atom. The number of rotatable bonds is 3. The van der Waals surface area contributed by atoms with Crippen molar-refractivity contribution in [3.63, 3.8) is 0 Å². The molecule has 1 aliphatic carbocycles. The maximum Gasteiger partial charge on any atom is 0.0494 e. The minimum absolute atomic E-state index is 0.516.